The van der Waals surface area contributed by atoms with Crippen LogP contribution in [-0.2, 0) is 4.79 Å². The van der Waals surface area contributed by atoms with E-state index in [4.69, 9.17) is 0 Å². The van der Waals surface area contributed by atoms with E-state index in [2.05, 4.69) is 5.32 Å². The van der Waals surface area contributed by atoms with Gasteiger partial charge in [-0.2, -0.15) is 13.2 Å². The molecule has 1 unspecified atom stereocenters. The van der Waals surface area contributed by atoms with E-state index in [1.165, 1.54) is 0 Å². The Kier molecular flexibility index (Phi) is 4.95. The Bertz CT molecular complexity index is 287. The molecule has 1 saturated heterocycles. The molecular formula is C11H18F4N2O. The minimum absolute atomic E-state index is 0.0550. The number of hydrogen-bond donors (Lipinski definition) is 1. The van der Waals surface area contributed by atoms with E-state index in [1.807, 2.05) is 0 Å². The molecule has 1 fully saturated rings. The molecule has 0 radical (unpaired) electrons. The van der Waals surface area contributed by atoms with Gasteiger partial charge in [-0.25, -0.2) is 4.39 Å². The molecule has 0 aliphatic carbocycles. The van der Waals surface area contributed by atoms with E-state index in [9.17, 15) is 22.4 Å². The molecule has 1 rings (SSSR count). The molecule has 0 saturated carbocycles. The normalized spacial score (nSPS) is 24.3. The van der Waals surface area contributed by atoms with Crippen LogP contribution in [0.4, 0.5) is 17.6 Å². The van der Waals surface area contributed by atoms with E-state index in [0.717, 1.165) is 0 Å². The number of hydrogen-bond acceptors (Lipinski definition) is 2. The zero-order chi connectivity index (χ0) is 13.8. The van der Waals surface area contributed by atoms with Crippen molar-refractivity contribution in [3.63, 3.8) is 0 Å². The van der Waals surface area contributed by atoms with Crippen LogP contribution in [0.5, 0.6) is 0 Å². The number of unbranched alkanes of at least 4 members (excludes halogenated alkanes) is 1. The van der Waals surface area contributed by atoms with Crippen LogP contribution < -0.4 is 5.32 Å². The highest BCUT2D eigenvalue weighted by Crippen LogP contribution is 2.25. The van der Waals surface area contributed by atoms with Crippen molar-refractivity contribution in [3.05, 3.63) is 0 Å². The van der Waals surface area contributed by atoms with Crippen LogP contribution in [0.2, 0.25) is 0 Å². The predicted octanol–water partition coefficient (Wildman–Crippen LogP) is 1.88. The average Bonchev–Trinajstić information content (AvgIpc) is 2.70. The highest BCUT2D eigenvalue weighted by atomic mass is 19.4. The maximum Gasteiger partial charge on any atom is 0.406 e. The van der Waals surface area contributed by atoms with Crippen molar-refractivity contribution in [2.75, 3.05) is 26.2 Å². The molecule has 1 aliphatic rings. The van der Waals surface area contributed by atoms with Crippen LogP contribution in [-0.4, -0.2) is 48.8 Å². The molecular weight excluding hydrogens is 252 g/mol. The van der Waals surface area contributed by atoms with Crippen LogP contribution in [0.25, 0.3) is 0 Å². The first kappa shape index (κ1) is 15.2. The summed E-state index contributed by atoms with van der Waals surface area (Å²) in [4.78, 5) is 12.5. The quantitative estimate of drug-likeness (QED) is 0.774. The van der Waals surface area contributed by atoms with Gasteiger partial charge in [-0.1, -0.05) is 13.3 Å². The SMILES string of the molecule is CCCCN(CC(F)(F)F)C(=O)C1(F)CCNC1. The van der Waals surface area contributed by atoms with E-state index < -0.39 is 24.3 Å². The van der Waals surface area contributed by atoms with Crippen molar-refractivity contribution < 1.29 is 22.4 Å². The Hall–Kier alpha value is -0.850. The van der Waals surface area contributed by atoms with Gasteiger partial charge < -0.3 is 10.2 Å². The summed E-state index contributed by atoms with van der Waals surface area (Å²) in [5, 5.41) is 2.66. The molecule has 1 heterocycles. The van der Waals surface area contributed by atoms with Gasteiger partial charge in [0.2, 0.25) is 5.67 Å². The Balaban J connectivity index is 2.71. The number of nitrogens with one attached hydrogen (secondary N) is 1. The lowest BCUT2D eigenvalue weighted by atomic mass is 10.0. The van der Waals surface area contributed by atoms with Crippen molar-refractivity contribution >= 4 is 5.91 Å². The molecule has 0 aromatic carbocycles. The van der Waals surface area contributed by atoms with Gasteiger partial charge in [-0.05, 0) is 13.0 Å². The van der Waals surface area contributed by atoms with Crippen molar-refractivity contribution in [3.8, 4) is 0 Å². The third-order valence-electron chi connectivity index (χ3n) is 2.93. The first-order valence-corrected chi connectivity index (χ1v) is 6.04. The summed E-state index contributed by atoms with van der Waals surface area (Å²) >= 11 is 0. The second-order valence-corrected chi connectivity index (χ2v) is 4.59. The minimum atomic E-state index is -4.49. The fourth-order valence-electron chi connectivity index (χ4n) is 1.95. The van der Waals surface area contributed by atoms with Crippen LogP contribution >= 0.6 is 0 Å². The molecule has 3 nitrogen and oxygen atoms in total. The minimum Gasteiger partial charge on any atom is -0.331 e. The number of amides is 1. The third-order valence-corrected chi connectivity index (χ3v) is 2.93. The molecule has 1 aliphatic heterocycles. The van der Waals surface area contributed by atoms with Crippen LogP contribution in [0, 0.1) is 0 Å². The van der Waals surface area contributed by atoms with Gasteiger partial charge in [-0.15, -0.1) is 0 Å². The van der Waals surface area contributed by atoms with Gasteiger partial charge in [0.05, 0.1) is 0 Å². The average molecular weight is 270 g/mol. The lowest BCUT2D eigenvalue weighted by Gasteiger charge is -2.29. The second kappa shape index (κ2) is 5.86. The number of alkyl halides is 4. The molecule has 106 valence electrons. The fourth-order valence-corrected chi connectivity index (χ4v) is 1.95. The summed E-state index contributed by atoms with van der Waals surface area (Å²) in [6, 6.07) is 0. The van der Waals surface area contributed by atoms with Crippen LogP contribution in [0.15, 0.2) is 0 Å². The summed E-state index contributed by atoms with van der Waals surface area (Å²) in [5.74, 6) is -1.04. The van der Waals surface area contributed by atoms with Gasteiger partial charge in [0.15, 0.2) is 0 Å². The zero-order valence-electron chi connectivity index (χ0n) is 10.3. The van der Waals surface area contributed by atoms with Gasteiger partial charge >= 0.3 is 6.18 Å². The smallest absolute Gasteiger partial charge is 0.331 e. The highest BCUT2D eigenvalue weighted by molar-refractivity contribution is 5.86. The van der Waals surface area contributed by atoms with E-state index in [-0.39, 0.29) is 19.5 Å². The molecule has 7 heteroatoms. The predicted molar refractivity (Wildman–Crippen MR) is 58.9 cm³/mol. The summed E-state index contributed by atoms with van der Waals surface area (Å²) in [6.45, 7) is 0.485. The Labute approximate surface area is 104 Å². The lowest BCUT2D eigenvalue weighted by Crippen LogP contribution is -2.50. The molecule has 18 heavy (non-hydrogen) atoms. The largest absolute Gasteiger partial charge is 0.406 e. The molecule has 1 amide bonds. The number of carbonyl (C=O) groups is 1. The van der Waals surface area contributed by atoms with Crippen LogP contribution in [0.3, 0.4) is 0 Å². The molecule has 0 aromatic rings. The number of rotatable bonds is 5. The summed E-state index contributed by atoms with van der Waals surface area (Å²) in [5.41, 5.74) is -2.18. The third kappa shape index (κ3) is 4.12. The Morgan fingerprint density at radius 2 is 2.11 bits per heavy atom. The van der Waals surface area contributed by atoms with Crippen molar-refractivity contribution in [1.82, 2.24) is 10.2 Å². The van der Waals surface area contributed by atoms with E-state index in [1.54, 1.807) is 6.92 Å². The van der Waals surface area contributed by atoms with E-state index in [0.29, 0.717) is 24.3 Å². The van der Waals surface area contributed by atoms with Crippen molar-refractivity contribution in [1.29, 1.82) is 0 Å². The molecule has 0 spiro atoms. The lowest BCUT2D eigenvalue weighted by molar-refractivity contribution is -0.168. The maximum absolute atomic E-state index is 14.1. The molecule has 1 atom stereocenters. The standard InChI is InChI=1S/C11H18F4N2O/c1-2-3-6-17(8-11(13,14)15)9(18)10(12)4-5-16-7-10/h16H,2-8H2,1H3. The van der Waals surface area contributed by atoms with Gasteiger partial charge in [0.25, 0.3) is 5.91 Å². The Morgan fingerprint density at radius 3 is 2.56 bits per heavy atom. The molecule has 0 bridgehead atoms. The van der Waals surface area contributed by atoms with Crippen LogP contribution in [0.1, 0.15) is 26.2 Å². The topological polar surface area (TPSA) is 32.3 Å². The number of nitrogens with zero attached hydrogens (tertiary/aromatic N) is 1. The molecule has 0 aromatic heterocycles. The monoisotopic (exact) mass is 270 g/mol. The summed E-state index contributed by atoms with van der Waals surface area (Å²) < 4.78 is 51.3. The number of halogens is 4. The van der Waals surface area contributed by atoms with Crippen molar-refractivity contribution in [2.45, 2.75) is 38.0 Å². The Morgan fingerprint density at radius 1 is 1.44 bits per heavy atom. The second-order valence-electron chi connectivity index (χ2n) is 4.59. The van der Waals surface area contributed by atoms with Gasteiger partial charge in [0.1, 0.15) is 6.54 Å². The zero-order valence-corrected chi connectivity index (χ0v) is 10.3. The van der Waals surface area contributed by atoms with Gasteiger partial charge in [-0.3, -0.25) is 4.79 Å². The summed E-state index contributed by atoms with van der Waals surface area (Å²) in [7, 11) is 0. The first-order valence-electron chi connectivity index (χ1n) is 6.04. The van der Waals surface area contributed by atoms with E-state index >= 15 is 0 Å². The number of carbonyl (C=O) groups excluding carboxylic acids is 1. The fraction of sp³-hybridized carbons (Fsp3) is 0.909. The maximum atomic E-state index is 14.1. The highest BCUT2D eigenvalue weighted by Gasteiger charge is 2.46. The van der Waals surface area contributed by atoms with Crippen molar-refractivity contribution in [2.24, 2.45) is 0 Å². The summed E-state index contributed by atoms with van der Waals surface area (Å²) in [6.07, 6.45) is -3.47. The van der Waals surface area contributed by atoms with Gasteiger partial charge in [0, 0.05) is 19.5 Å². The first-order chi connectivity index (χ1) is 8.28. The molecule has 1 N–H and O–H groups in total.